The molecule has 4 aromatic rings. The average molecular weight is 408 g/mol. The van der Waals surface area contributed by atoms with Crippen LogP contribution >= 0.6 is 0 Å². The third kappa shape index (κ3) is 3.42. The first-order valence-electron chi connectivity index (χ1n) is 10.5. The van der Waals surface area contributed by atoms with Crippen LogP contribution < -0.4 is 4.90 Å². The quantitative estimate of drug-likeness (QED) is 0.423. The van der Waals surface area contributed by atoms with E-state index in [2.05, 4.69) is 84.9 Å². The molecule has 2 aromatic carbocycles. The van der Waals surface area contributed by atoms with Crippen LogP contribution in [0.25, 0.3) is 28.3 Å². The van der Waals surface area contributed by atoms with Gasteiger partial charge >= 0.3 is 0 Å². The SMILES string of the molecule is C=C1c2cc(-c3cccc(C)c3)ccc2CN1c1cccc(-c2nncn2C(C)C)n1. The van der Waals surface area contributed by atoms with Crippen molar-refractivity contribution in [3.63, 3.8) is 0 Å². The normalized spacial score (nSPS) is 13.2. The highest BCUT2D eigenvalue weighted by Crippen LogP contribution is 2.37. The van der Waals surface area contributed by atoms with Crippen molar-refractivity contribution in [3.8, 4) is 22.6 Å². The Kier molecular flexibility index (Phi) is 4.66. The van der Waals surface area contributed by atoms with Crippen LogP contribution in [-0.2, 0) is 6.54 Å². The molecule has 0 radical (unpaired) electrons. The lowest BCUT2D eigenvalue weighted by atomic mass is 9.99. The maximum Gasteiger partial charge on any atom is 0.182 e. The molecule has 0 unspecified atom stereocenters. The van der Waals surface area contributed by atoms with Gasteiger partial charge in [0.2, 0.25) is 0 Å². The molecule has 154 valence electrons. The molecule has 3 heterocycles. The Bertz CT molecular complexity index is 1280. The minimum absolute atomic E-state index is 0.265. The average Bonchev–Trinajstić information content (AvgIpc) is 3.39. The first-order chi connectivity index (χ1) is 15.0. The molecule has 0 amide bonds. The number of rotatable bonds is 4. The lowest BCUT2D eigenvalue weighted by molar-refractivity contribution is 0.603. The molecule has 1 aliphatic rings. The Labute approximate surface area is 182 Å². The summed E-state index contributed by atoms with van der Waals surface area (Å²) in [6, 6.07) is 21.5. The highest BCUT2D eigenvalue weighted by Gasteiger charge is 2.25. The van der Waals surface area contributed by atoms with E-state index < -0.39 is 0 Å². The molecule has 5 heteroatoms. The predicted octanol–water partition coefficient (Wildman–Crippen LogP) is 5.89. The van der Waals surface area contributed by atoms with E-state index in [1.165, 1.54) is 27.8 Å². The second kappa shape index (κ2) is 7.51. The van der Waals surface area contributed by atoms with Gasteiger partial charge in [-0.15, -0.1) is 10.2 Å². The fourth-order valence-electron chi connectivity index (χ4n) is 4.12. The molecule has 2 aromatic heterocycles. The van der Waals surface area contributed by atoms with Crippen molar-refractivity contribution in [2.24, 2.45) is 0 Å². The number of aryl methyl sites for hydroxylation is 1. The fourth-order valence-corrected chi connectivity index (χ4v) is 4.12. The minimum atomic E-state index is 0.265. The molecular formula is C26H25N5. The number of fused-ring (bicyclic) bond motifs is 1. The topological polar surface area (TPSA) is 46.8 Å². The van der Waals surface area contributed by atoms with Crippen LogP contribution in [0, 0.1) is 6.92 Å². The molecule has 0 atom stereocenters. The summed E-state index contributed by atoms with van der Waals surface area (Å²) in [6.07, 6.45) is 1.76. The van der Waals surface area contributed by atoms with Gasteiger partial charge in [0.1, 0.15) is 17.8 Å². The second-order valence-electron chi connectivity index (χ2n) is 8.31. The number of aromatic nitrogens is 4. The highest BCUT2D eigenvalue weighted by atomic mass is 15.3. The van der Waals surface area contributed by atoms with E-state index in [9.17, 15) is 0 Å². The molecule has 0 bridgehead atoms. The summed E-state index contributed by atoms with van der Waals surface area (Å²) in [5.41, 5.74) is 7.91. The third-order valence-corrected chi connectivity index (χ3v) is 5.80. The van der Waals surface area contributed by atoms with E-state index in [4.69, 9.17) is 4.98 Å². The van der Waals surface area contributed by atoms with Gasteiger partial charge in [-0.05, 0) is 55.7 Å². The van der Waals surface area contributed by atoms with Gasteiger partial charge in [-0.1, -0.05) is 54.6 Å². The van der Waals surface area contributed by atoms with Crippen LogP contribution in [0.5, 0.6) is 0 Å². The van der Waals surface area contributed by atoms with Crippen molar-refractivity contribution in [1.82, 2.24) is 19.7 Å². The number of hydrogen-bond acceptors (Lipinski definition) is 4. The van der Waals surface area contributed by atoms with Crippen molar-refractivity contribution in [1.29, 1.82) is 0 Å². The van der Waals surface area contributed by atoms with E-state index in [0.717, 1.165) is 29.6 Å². The largest absolute Gasteiger partial charge is 0.322 e. The summed E-state index contributed by atoms with van der Waals surface area (Å²) >= 11 is 0. The Balaban J connectivity index is 1.48. The van der Waals surface area contributed by atoms with Gasteiger partial charge < -0.3 is 9.47 Å². The summed E-state index contributed by atoms with van der Waals surface area (Å²) in [5.74, 6) is 1.65. The van der Waals surface area contributed by atoms with E-state index in [0.29, 0.717) is 0 Å². The predicted molar refractivity (Wildman–Crippen MR) is 125 cm³/mol. The molecule has 0 aliphatic carbocycles. The number of benzene rings is 2. The Morgan fingerprint density at radius 3 is 2.58 bits per heavy atom. The van der Waals surface area contributed by atoms with Gasteiger partial charge in [0.05, 0.1) is 6.54 Å². The van der Waals surface area contributed by atoms with Gasteiger partial charge in [0, 0.05) is 17.3 Å². The summed E-state index contributed by atoms with van der Waals surface area (Å²) in [6.45, 7) is 11.5. The van der Waals surface area contributed by atoms with Gasteiger partial charge in [-0.2, -0.15) is 0 Å². The lowest BCUT2D eigenvalue weighted by Crippen LogP contribution is -2.15. The summed E-state index contributed by atoms with van der Waals surface area (Å²) in [7, 11) is 0. The molecule has 1 aliphatic heterocycles. The van der Waals surface area contributed by atoms with Crippen molar-refractivity contribution in [2.75, 3.05) is 4.90 Å². The van der Waals surface area contributed by atoms with Gasteiger partial charge in [-0.3, -0.25) is 0 Å². The minimum Gasteiger partial charge on any atom is -0.322 e. The molecule has 0 saturated heterocycles. The Morgan fingerprint density at radius 2 is 1.77 bits per heavy atom. The first kappa shape index (κ1) is 19.2. The number of nitrogens with zero attached hydrogens (tertiary/aromatic N) is 5. The molecule has 31 heavy (non-hydrogen) atoms. The molecular weight excluding hydrogens is 382 g/mol. The highest BCUT2D eigenvalue weighted by molar-refractivity contribution is 5.85. The van der Waals surface area contributed by atoms with Crippen LogP contribution in [-0.4, -0.2) is 19.7 Å². The fraction of sp³-hybridized carbons (Fsp3) is 0.192. The van der Waals surface area contributed by atoms with E-state index in [1.54, 1.807) is 6.33 Å². The molecule has 0 fully saturated rings. The molecule has 0 saturated carbocycles. The van der Waals surface area contributed by atoms with Crippen molar-refractivity contribution in [3.05, 3.63) is 90.3 Å². The molecule has 0 spiro atoms. The zero-order chi connectivity index (χ0) is 21.5. The van der Waals surface area contributed by atoms with Crippen molar-refractivity contribution in [2.45, 2.75) is 33.4 Å². The zero-order valence-corrected chi connectivity index (χ0v) is 18.1. The Morgan fingerprint density at radius 1 is 0.968 bits per heavy atom. The second-order valence-corrected chi connectivity index (χ2v) is 8.31. The van der Waals surface area contributed by atoms with E-state index in [-0.39, 0.29) is 6.04 Å². The van der Waals surface area contributed by atoms with Gasteiger partial charge in [0.25, 0.3) is 0 Å². The Hall–Kier alpha value is -3.73. The third-order valence-electron chi connectivity index (χ3n) is 5.80. The van der Waals surface area contributed by atoms with Gasteiger partial charge in [-0.25, -0.2) is 4.98 Å². The van der Waals surface area contributed by atoms with E-state index in [1.807, 2.05) is 22.8 Å². The molecule has 5 nitrogen and oxygen atoms in total. The van der Waals surface area contributed by atoms with Crippen molar-refractivity contribution >= 4 is 11.5 Å². The van der Waals surface area contributed by atoms with E-state index >= 15 is 0 Å². The number of hydrogen-bond donors (Lipinski definition) is 0. The monoisotopic (exact) mass is 407 g/mol. The number of pyridine rings is 1. The number of anilines is 1. The molecule has 5 rings (SSSR count). The summed E-state index contributed by atoms with van der Waals surface area (Å²) in [4.78, 5) is 7.08. The lowest BCUT2D eigenvalue weighted by Gasteiger charge is -2.19. The zero-order valence-electron chi connectivity index (χ0n) is 18.1. The molecule has 0 N–H and O–H groups in total. The maximum absolute atomic E-state index is 4.91. The standard InChI is InChI=1S/C26H25N5/c1-17(2)31-16-27-29-26(31)24-9-6-10-25(28-24)30-15-22-12-11-21(14-23(22)19(30)4)20-8-5-7-18(3)13-20/h5-14,16-17H,4,15H2,1-3H3. The first-order valence-corrected chi connectivity index (χ1v) is 10.5. The van der Waals surface area contributed by atoms with Crippen LogP contribution in [0.3, 0.4) is 0 Å². The smallest absolute Gasteiger partial charge is 0.182 e. The van der Waals surface area contributed by atoms with Crippen LogP contribution in [0.15, 0.2) is 73.6 Å². The van der Waals surface area contributed by atoms with Crippen molar-refractivity contribution < 1.29 is 0 Å². The van der Waals surface area contributed by atoms with Crippen LogP contribution in [0.2, 0.25) is 0 Å². The van der Waals surface area contributed by atoms with Gasteiger partial charge in [0.15, 0.2) is 5.82 Å². The summed E-state index contributed by atoms with van der Waals surface area (Å²) in [5, 5.41) is 8.38. The van der Waals surface area contributed by atoms with Crippen LogP contribution in [0.1, 0.15) is 36.6 Å². The van der Waals surface area contributed by atoms with Crippen LogP contribution in [0.4, 0.5) is 5.82 Å². The maximum atomic E-state index is 4.91. The summed E-state index contributed by atoms with van der Waals surface area (Å²) < 4.78 is 2.04.